The number of aromatic nitrogens is 3. The topological polar surface area (TPSA) is 272 Å². The number of hydrogen-bond acceptors (Lipinski definition) is 16. The van der Waals surface area contributed by atoms with E-state index < -0.39 is 20.2 Å². The molecule has 0 N–H and O–H groups in total. The average molecular weight is 897 g/mol. The molecular formula is C39H24CrN7Na2O9S2. The van der Waals surface area contributed by atoms with Gasteiger partial charge in [-0.05, 0) is 84.2 Å². The smallest absolute Gasteiger partial charge is 0.871 e. The molecule has 3 heterocycles. The predicted octanol–water partition coefficient (Wildman–Crippen LogP) is 0.570. The van der Waals surface area contributed by atoms with Crippen molar-refractivity contribution in [3.8, 4) is 17.2 Å². The van der Waals surface area contributed by atoms with Crippen molar-refractivity contribution in [1.82, 2.24) is 15.0 Å². The normalized spacial score (nSPS) is 11.1. The zero-order chi connectivity index (χ0) is 40.6. The van der Waals surface area contributed by atoms with Crippen LogP contribution in [0.4, 0.5) is 22.7 Å². The second kappa shape index (κ2) is 22.2. The van der Waals surface area contributed by atoms with Crippen LogP contribution in [0.15, 0.2) is 176 Å². The molecule has 21 heteroatoms. The Morgan fingerprint density at radius 3 is 1.25 bits per heavy atom. The SMILES string of the molecule is O=S(=O)([O-])c1cccc(N=Nc2ccc([O-])c3ncccc23)c1.O=S(=O)([O-])c1cccc(N=Nc2ccc([O-])c3ncccc23)c1.[Cr+3].[Na+].[Na+].[O-]c1cccc2cccnc12. The van der Waals surface area contributed by atoms with Gasteiger partial charge in [0.25, 0.3) is 0 Å². The first-order valence-corrected chi connectivity index (χ1v) is 19.2. The maximum absolute atomic E-state index is 11.7. The van der Waals surface area contributed by atoms with Gasteiger partial charge >= 0.3 is 76.5 Å². The molecule has 16 nitrogen and oxygen atoms in total. The molecule has 0 bridgehead atoms. The first-order chi connectivity index (χ1) is 27.3. The molecule has 0 unspecified atom stereocenters. The second-order valence-corrected chi connectivity index (χ2v) is 14.4. The van der Waals surface area contributed by atoms with E-state index in [1.54, 1.807) is 36.5 Å². The Bertz CT molecular complexity index is 2890. The molecule has 0 aliphatic rings. The first kappa shape index (κ1) is 49.6. The van der Waals surface area contributed by atoms with Crippen molar-refractivity contribution in [2.24, 2.45) is 20.5 Å². The minimum absolute atomic E-state index is 0. The summed E-state index contributed by atoms with van der Waals surface area (Å²) in [4.78, 5) is 11.2. The summed E-state index contributed by atoms with van der Waals surface area (Å²) in [7, 11) is -9.10. The molecule has 3 aromatic heterocycles. The number of rotatable bonds is 6. The van der Waals surface area contributed by atoms with Gasteiger partial charge in [0, 0.05) is 29.4 Å². The van der Waals surface area contributed by atoms with E-state index in [9.17, 15) is 41.3 Å². The quantitative estimate of drug-likeness (QED) is 0.126. The standard InChI is InChI=1S/2C15H11N3O4S.C9H7NO.Cr.2Na/c2*19-14-7-6-13(12-5-2-8-16-15(12)14)18-17-10-3-1-4-11(9-10)23(20,21)22;11-8-5-1-3-7-4-2-6-10-9(7)8;;;/h2*1-9,19H,(H,20,21,22);1-6,11H;;;/q;;;+3;2*+1/p-5. The van der Waals surface area contributed by atoms with E-state index in [4.69, 9.17) is 0 Å². The van der Waals surface area contributed by atoms with Crippen molar-refractivity contribution in [3.05, 3.63) is 146 Å². The van der Waals surface area contributed by atoms with Gasteiger partial charge in [0.15, 0.2) is 0 Å². The molecule has 5 aromatic carbocycles. The van der Waals surface area contributed by atoms with Crippen LogP contribution in [-0.4, -0.2) is 40.9 Å². The zero-order valence-electron chi connectivity index (χ0n) is 31.4. The molecule has 0 aliphatic heterocycles. The van der Waals surface area contributed by atoms with Crippen LogP contribution in [0.1, 0.15) is 0 Å². The molecule has 8 rings (SSSR count). The maximum Gasteiger partial charge on any atom is 3.00 e. The van der Waals surface area contributed by atoms with Gasteiger partial charge in [-0.15, -0.1) is 10.2 Å². The summed E-state index contributed by atoms with van der Waals surface area (Å²) in [6.45, 7) is 0. The van der Waals surface area contributed by atoms with Gasteiger partial charge in [-0.2, -0.15) is 10.2 Å². The van der Waals surface area contributed by atoms with Gasteiger partial charge in [0.2, 0.25) is 0 Å². The number of pyridine rings is 3. The summed E-state index contributed by atoms with van der Waals surface area (Å²) in [6.07, 6.45) is 4.64. The van der Waals surface area contributed by atoms with Crippen LogP contribution >= 0.6 is 0 Å². The molecule has 0 atom stereocenters. The number of nitrogens with zero attached hydrogens (tertiary/aromatic N) is 7. The molecule has 0 saturated heterocycles. The summed E-state index contributed by atoms with van der Waals surface area (Å²) in [5.41, 5.74) is 2.37. The Labute approximate surface area is 398 Å². The fourth-order valence-electron chi connectivity index (χ4n) is 5.14. The molecule has 0 spiro atoms. The maximum atomic E-state index is 11.7. The Kier molecular flexibility index (Phi) is 18.4. The monoisotopic (exact) mass is 896 g/mol. The Morgan fingerprint density at radius 2 is 0.817 bits per heavy atom. The van der Waals surface area contributed by atoms with Gasteiger partial charge in [0.05, 0.1) is 49.1 Å². The molecular weight excluding hydrogens is 873 g/mol. The van der Waals surface area contributed by atoms with E-state index in [0.29, 0.717) is 27.7 Å². The molecule has 0 aliphatic carbocycles. The van der Waals surface area contributed by atoms with Crippen LogP contribution in [-0.2, 0) is 37.6 Å². The third-order valence-electron chi connectivity index (χ3n) is 7.77. The van der Waals surface area contributed by atoms with Gasteiger partial charge in [0.1, 0.15) is 20.2 Å². The number of para-hydroxylation sites is 1. The summed E-state index contributed by atoms with van der Waals surface area (Å²) in [5, 5.41) is 52.4. The molecule has 0 fully saturated rings. The van der Waals surface area contributed by atoms with Crippen LogP contribution in [0, 0.1) is 0 Å². The van der Waals surface area contributed by atoms with E-state index in [2.05, 4.69) is 35.4 Å². The van der Waals surface area contributed by atoms with Crippen LogP contribution in [0.3, 0.4) is 0 Å². The van der Waals surface area contributed by atoms with Gasteiger partial charge in [-0.1, -0.05) is 65.8 Å². The average Bonchev–Trinajstić information content (AvgIpc) is 3.21. The van der Waals surface area contributed by atoms with Gasteiger partial charge in [-0.3, -0.25) is 15.0 Å². The summed E-state index contributed by atoms with van der Waals surface area (Å²) in [5.74, 6) is -0.457. The van der Waals surface area contributed by atoms with Crippen molar-refractivity contribution < 1.29 is 118 Å². The van der Waals surface area contributed by atoms with Crippen molar-refractivity contribution in [2.45, 2.75) is 9.79 Å². The summed E-state index contributed by atoms with van der Waals surface area (Å²) in [6, 6.07) is 31.7. The molecule has 8 aromatic rings. The summed E-state index contributed by atoms with van der Waals surface area (Å²) >= 11 is 0. The fourth-order valence-corrected chi connectivity index (χ4v) is 6.16. The minimum atomic E-state index is -4.55. The Balaban J connectivity index is 0.000000247. The van der Waals surface area contributed by atoms with Crippen molar-refractivity contribution >= 4 is 75.7 Å². The Hall–Kier alpha value is -4.72. The van der Waals surface area contributed by atoms with Gasteiger partial charge in [-0.25, -0.2) is 16.8 Å². The minimum Gasteiger partial charge on any atom is -0.871 e. The first-order valence-electron chi connectivity index (χ1n) is 16.3. The van der Waals surface area contributed by atoms with E-state index >= 15 is 0 Å². The fraction of sp³-hybridized carbons (Fsp3) is 0. The predicted molar refractivity (Wildman–Crippen MR) is 201 cm³/mol. The van der Waals surface area contributed by atoms with Crippen LogP contribution in [0.25, 0.3) is 32.7 Å². The van der Waals surface area contributed by atoms with Crippen LogP contribution < -0.4 is 74.4 Å². The van der Waals surface area contributed by atoms with E-state index in [1.807, 2.05) is 18.2 Å². The van der Waals surface area contributed by atoms with Crippen molar-refractivity contribution in [1.29, 1.82) is 0 Å². The van der Waals surface area contributed by atoms with Crippen molar-refractivity contribution in [3.63, 3.8) is 0 Å². The molecule has 289 valence electrons. The molecule has 0 amide bonds. The largest absolute Gasteiger partial charge is 3.00 e. The van der Waals surface area contributed by atoms with Crippen LogP contribution in [0.2, 0.25) is 0 Å². The second-order valence-electron chi connectivity index (χ2n) is 11.6. The van der Waals surface area contributed by atoms with E-state index in [1.165, 1.54) is 79.1 Å². The zero-order valence-corrected chi connectivity index (χ0v) is 38.3. The van der Waals surface area contributed by atoms with E-state index in [0.717, 1.165) is 17.5 Å². The molecule has 0 saturated carbocycles. The third-order valence-corrected chi connectivity index (χ3v) is 9.44. The Morgan fingerprint density at radius 1 is 0.433 bits per heavy atom. The number of benzene rings is 5. The molecule has 60 heavy (non-hydrogen) atoms. The van der Waals surface area contributed by atoms with Crippen LogP contribution in [0.5, 0.6) is 17.2 Å². The summed E-state index contributed by atoms with van der Waals surface area (Å²) < 4.78 is 66.0. The number of hydrogen-bond donors (Lipinski definition) is 0. The third kappa shape index (κ3) is 12.9. The van der Waals surface area contributed by atoms with Gasteiger partial charge < -0.3 is 24.4 Å². The van der Waals surface area contributed by atoms with E-state index in [-0.39, 0.29) is 126 Å². The molecule has 1 radical (unpaired) electrons. The van der Waals surface area contributed by atoms with Crippen molar-refractivity contribution in [2.75, 3.05) is 0 Å². The number of fused-ring (bicyclic) bond motifs is 3. The number of azo groups is 2.